The van der Waals surface area contributed by atoms with E-state index in [4.69, 9.17) is 16.3 Å². The van der Waals surface area contributed by atoms with E-state index in [2.05, 4.69) is 15.6 Å². The molecule has 0 fully saturated rings. The van der Waals surface area contributed by atoms with Gasteiger partial charge in [0.2, 0.25) is 0 Å². The first-order valence-electron chi connectivity index (χ1n) is 10.7. The van der Waals surface area contributed by atoms with E-state index >= 15 is 0 Å². The van der Waals surface area contributed by atoms with Crippen molar-refractivity contribution >= 4 is 50.7 Å². The molecule has 2 amide bonds. The summed E-state index contributed by atoms with van der Waals surface area (Å²) in [6.07, 6.45) is 0. The van der Waals surface area contributed by atoms with Crippen LogP contribution in [0.2, 0.25) is 5.02 Å². The third kappa shape index (κ3) is 4.62. The molecule has 0 unspecified atom stereocenters. The number of amides is 2. The van der Waals surface area contributed by atoms with Crippen molar-refractivity contribution in [3.8, 4) is 5.75 Å². The highest BCUT2D eigenvalue weighted by atomic mass is 35.5. The van der Waals surface area contributed by atoms with Crippen LogP contribution in [-0.2, 0) is 6.54 Å². The van der Waals surface area contributed by atoms with Crippen LogP contribution in [0.25, 0.3) is 10.2 Å². The molecule has 0 aliphatic heterocycles. The first-order valence-corrected chi connectivity index (χ1v) is 11.9. The lowest BCUT2D eigenvalue weighted by molar-refractivity contribution is 0.0956. The summed E-state index contributed by atoms with van der Waals surface area (Å²) in [4.78, 5) is 32.3. The Labute approximate surface area is 206 Å². The topological polar surface area (TPSA) is 80.3 Å². The van der Waals surface area contributed by atoms with Crippen molar-refractivity contribution in [2.24, 2.45) is 0 Å². The number of hydrogen-bond donors (Lipinski definition) is 2. The Balaban J connectivity index is 1.74. The number of halogens is 1. The highest BCUT2D eigenvalue weighted by Crippen LogP contribution is 2.39. The number of methoxy groups -OCH3 is 1. The van der Waals surface area contributed by atoms with Crippen molar-refractivity contribution in [1.29, 1.82) is 0 Å². The second kappa shape index (κ2) is 9.83. The molecule has 2 aromatic heterocycles. The van der Waals surface area contributed by atoms with Crippen molar-refractivity contribution in [3.05, 3.63) is 86.4 Å². The van der Waals surface area contributed by atoms with E-state index in [1.54, 1.807) is 36.4 Å². The number of thiophene rings is 1. The van der Waals surface area contributed by atoms with Crippen LogP contribution in [0.1, 0.15) is 42.4 Å². The molecule has 0 radical (unpaired) electrons. The SMILES string of the molecule is COc1ccccc1C(=O)Nc1c(C(=O)NCc2ccc(Cl)cc2)sc2nc(C)c(C)c(C)c12. The number of ether oxygens (including phenoxy) is 1. The number of carbonyl (C=O) groups is 2. The van der Waals surface area contributed by atoms with E-state index in [0.717, 1.165) is 27.8 Å². The molecule has 0 spiro atoms. The molecule has 8 heteroatoms. The van der Waals surface area contributed by atoms with E-state index in [1.807, 2.05) is 32.9 Å². The first-order chi connectivity index (χ1) is 16.3. The highest BCUT2D eigenvalue weighted by Gasteiger charge is 2.25. The number of aryl methyl sites for hydroxylation is 2. The fraction of sp³-hybridized carbons (Fsp3) is 0.192. The molecule has 0 bridgehead atoms. The lowest BCUT2D eigenvalue weighted by atomic mass is 10.0. The number of rotatable bonds is 6. The van der Waals surface area contributed by atoms with E-state index in [-0.39, 0.29) is 11.8 Å². The molecule has 4 rings (SSSR count). The van der Waals surface area contributed by atoms with Gasteiger partial charge in [-0.2, -0.15) is 0 Å². The summed E-state index contributed by atoms with van der Waals surface area (Å²) in [6.45, 7) is 6.23. The molecule has 2 heterocycles. The first kappa shape index (κ1) is 23.7. The molecule has 174 valence electrons. The molecular formula is C26H24ClN3O3S. The van der Waals surface area contributed by atoms with Crippen molar-refractivity contribution in [3.63, 3.8) is 0 Å². The van der Waals surface area contributed by atoms with Gasteiger partial charge in [-0.25, -0.2) is 4.98 Å². The largest absolute Gasteiger partial charge is 0.496 e. The predicted molar refractivity (Wildman–Crippen MR) is 137 cm³/mol. The van der Waals surface area contributed by atoms with Gasteiger partial charge in [-0.1, -0.05) is 35.9 Å². The van der Waals surface area contributed by atoms with Crippen LogP contribution in [0.4, 0.5) is 5.69 Å². The lowest BCUT2D eigenvalue weighted by Gasteiger charge is -2.12. The quantitative estimate of drug-likeness (QED) is 0.342. The van der Waals surface area contributed by atoms with E-state index < -0.39 is 0 Å². The maximum atomic E-state index is 13.3. The number of fused-ring (bicyclic) bond motifs is 1. The predicted octanol–water partition coefficient (Wildman–Crippen LogP) is 6.07. The van der Waals surface area contributed by atoms with Crippen molar-refractivity contribution in [2.75, 3.05) is 12.4 Å². The molecule has 0 aliphatic carbocycles. The molecule has 0 atom stereocenters. The van der Waals surface area contributed by atoms with Gasteiger partial charge in [-0.05, 0) is 61.7 Å². The number of aromatic nitrogens is 1. The van der Waals surface area contributed by atoms with Gasteiger partial charge in [0.25, 0.3) is 11.8 Å². The number of nitrogens with zero attached hydrogens (tertiary/aromatic N) is 1. The van der Waals surface area contributed by atoms with Crippen molar-refractivity contribution in [2.45, 2.75) is 27.3 Å². The van der Waals surface area contributed by atoms with Crippen LogP contribution in [0.15, 0.2) is 48.5 Å². The monoisotopic (exact) mass is 493 g/mol. The number of carbonyl (C=O) groups excluding carboxylic acids is 2. The van der Waals surface area contributed by atoms with Gasteiger partial charge in [0.05, 0.1) is 18.4 Å². The molecule has 34 heavy (non-hydrogen) atoms. The molecule has 2 N–H and O–H groups in total. The summed E-state index contributed by atoms with van der Waals surface area (Å²) < 4.78 is 5.35. The van der Waals surface area contributed by atoms with Crippen molar-refractivity contribution in [1.82, 2.24) is 10.3 Å². The minimum absolute atomic E-state index is 0.289. The minimum Gasteiger partial charge on any atom is -0.496 e. The number of anilines is 1. The van der Waals surface area contributed by atoms with E-state index in [0.29, 0.717) is 38.3 Å². The Morgan fingerprint density at radius 1 is 1.00 bits per heavy atom. The number of para-hydroxylation sites is 1. The zero-order valence-corrected chi connectivity index (χ0v) is 20.9. The number of pyridine rings is 1. The molecule has 2 aromatic carbocycles. The second-order valence-electron chi connectivity index (χ2n) is 7.90. The molecule has 4 aromatic rings. The highest BCUT2D eigenvalue weighted by molar-refractivity contribution is 7.21. The normalized spacial score (nSPS) is 10.9. The van der Waals surface area contributed by atoms with Crippen LogP contribution in [-0.4, -0.2) is 23.9 Å². The maximum Gasteiger partial charge on any atom is 0.263 e. The number of benzene rings is 2. The Morgan fingerprint density at radius 3 is 2.41 bits per heavy atom. The molecule has 6 nitrogen and oxygen atoms in total. The summed E-state index contributed by atoms with van der Waals surface area (Å²) in [6, 6.07) is 14.2. The molecule has 0 saturated heterocycles. The average Bonchev–Trinajstić information content (AvgIpc) is 3.19. The van der Waals surface area contributed by atoms with Gasteiger partial charge in [0, 0.05) is 22.6 Å². The van der Waals surface area contributed by atoms with Gasteiger partial charge < -0.3 is 15.4 Å². The zero-order valence-electron chi connectivity index (χ0n) is 19.3. The van der Waals surface area contributed by atoms with E-state index in [9.17, 15) is 9.59 Å². The Hall–Kier alpha value is -3.42. The molecular weight excluding hydrogens is 470 g/mol. The maximum absolute atomic E-state index is 13.3. The molecule has 0 aliphatic rings. The Bertz CT molecular complexity index is 1400. The summed E-state index contributed by atoms with van der Waals surface area (Å²) in [5, 5.41) is 7.32. The fourth-order valence-electron chi connectivity index (χ4n) is 3.70. The zero-order chi connectivity index (χ0) is 24.4. The minimum atomic E-state index is -0.360. The van der Waals surface area contributed by atoms with Crippen molar-refractivity contribution < 1.29 is 14.3 Å². The summed E-state index contributed by atoms with van der Waals surface area (Å²) in [5.41, 5.74) is 4.64. The van der Waals surface area contributed by atoms with E-state index in [1.165, 1.54) is 18.4 Å². The average molecular weight is 494 g/mol. The summed E-state index contributed by atoms with van der Waals surface area (Å²) in [5.74, 6) is -0.195. The van der Waals surface area contributed by atoms with Crippen LogP contribution in [0.5, 0.6) is 5.75 Å². The lowest BCUT2D eigenvalue weighted by Crippen LogP contribution is -2.23. The third-order valence-corrected chi connectivity index (χ3v) is 7.14. The van der Waals surface area contributed by atoms with Gasteiger partial charge in [-0.3, -0.25) is 9.59 Å². The van der Waals surface area contributed by atoms with Crippen LogP contribution in [0, 0.1) is 20.8 Å². The Morgan fingerprint density at radius 2 is 1.71 bits per heavy atom. The van der Waals surface area contributed by atoms with Crippen LogP contribution in [0.3, 0.4) is 0 Å². The van der Waals surface area contributed by atoms with Gasteiger partial charge in [0.15, 0.2) is 0 Å². The third-order valence-electron chi connectivity index (χ3n) is 5.80. The smallest absolute Gasteiger partial charge is 0.263 e. The Kier molecular flexibility index (Phi) is 6.86. The standard InChI is InChI=1S/C26H24ClN3O3S/c1-14-15(2)21-22(30-24(31)19-7-5-6-8-20(19)33-4)23(34-26(21)29-16(14)3)25(32)28-13-17-9-11-18(27)12-10-17/h5-12H,13H2,1-4H3,(H,28,32)(H,30,31). The van der Waals surface area contributed by atoms with Gasteiger partial charge in [0.1, 0.15) is 15.5 Å². The van der Waals surface area contributed by atoms with Crippen LogP contribution < -0.4 is 15.4 Å². The molecule has 0 saturated carbocycles. The number of hydrogen-bond acceptors (Lipinski definition) is 5. The van der Waals surface area contributed by atoms with Gasteiger partial charge in [-0.15, -0.1) is 11.3 Å². The summed E-state index contributed by atoms with van der Waals surface area (Å²) >= 11 is 7.22. The summed E-state index contributed by atoms with van der Waals surface area (Å²) in [7, 11) is 1.52. The fourth-order valence-corrected chi connectivity index (χ4v) is 4.98. The number of nitrogens with one attached hydrogen (secondary N) is 2. The van der Waals surface area contributed by atoms with Gasteiger partial charge >= 0.3 is 0 Å². The second-order valence-corrected chi connectivity index (χ2v) is 9.33. The van der Waals surface area contributed by atoms with Crippen LogP contribution >= 0.6 is 22.9 Å².